The number of hydrogen-bond acceptors (Lipinski definition) is 2. The van der Waals surface area contributed by atoms with Crippen LogP contribution in [0, 0.1) is 10.8 Å². The van der Waals surface area contributed by atoms with E-state index in [1.54, 1.807) is 0 Å². The molecule has 0 radical (unpaired) electrons. The average Bonchev–Trinajstić information content (AvgIpc) is 2.52. The van der Waals surface area contributed by atoms with Gasteiger partial charge in [0.25, 0.3) is 0 Å². The Hall–Kier alpha value is -0.0800. The Balaban J connectivity index is 2.33. The van der Waals surface area contributed by atoms with Gasteiger partial charge in [-0.2, -0.15) is 0 Å². The molecule has 0 aliphatic heterocycles. The SMILES string of the molecule is CC(C)(CCCO)CNC1CCCC1(C)C. The molecule has 2 nitrogen and oxygen atoms in total. The molecule has 1 aliphatic rings. The maximum atomic E-state index is 8.87. The summed E-state index contributed by atoms with van der Waals surface area (Å²) in [5.41, 5.74) is 0.772. The van der Waals surface area contributed by atoms with Gasteiger partial charge in [0.05, 0.1) is 0 Å². The van der Waals surface area contributed by atoms with Gasteiger partial charge in [-0.05, 0) is 36.5 Å². The molecule has 0 bridgehead atoms. The molecule has 1 saturated carbocycles. The third kappa shape index (κ3) is 4.06. The fourth-order valence-electron chi connectivity index (χ4n) is 2.75. The van der Waals surface area contributed by atoms with Crippen molar-refractivity contribution in [1.82, 2.24) is 5.32 Å². The van der Waals surface area contributed by atoms with Crippen molar-refractivity contribution in [2.45, 2.75) is 65.8 Å². The van der Waals surface area contributed by atoms with Crippen LogP contribution < -0.4 is 5.32 Å². The van der Waals surface area contributed by atoms with E-state index in [-0.39, 0.29) is 0 Å². The van der Waals surface area contributed by atoms with Crippen LogP contribution in [0.2, 0.25) is 0 Å². The van der Waals surface area contributed by atoms with Gasteiger partial charge >= 0.3 is 0 Å². The van der Waals surface area contributed by atoms with Crippen molar-refractivity contribution in [3.63, 3.8) is 0 Å². The molecule has 0 aromatic rings. The molecule has 0 aromatic heterocycles. The highest BCUT2D eigenvalue weighted by molar-refractivity contribution is 4.91. The summed E-state index contributed by atoms with van der Waals surface area (Å²) in [5, 5.41) is 12.6. The monoisotopic (exact) mass is 227 g/mol. The molecule has 0 spiro atoms. The minimum absolute atomic E-state index is 0.307. The fourth-order valence-corrected chi connectivity index (χ4v) is 2.75. The summed E-state index contributed by atoms with van der Waals surface area (Å²) in [6.45, 7) is 10.7. The van der Waals surface area contributed by atoms with Gasteiger partial charge in [0.1, 0.15) is 0 Å². The highest BCUT2D eigenvalue weighted by Gasteiger charge is 2.34. The minimum Gasteiger partial charge on any atom is -0.396 e. The van der Waals surface area contributed by atoms with Gasteiger partial charge in [-0.3, -0.25) is 0 Å². The van der Waals surface area contributed by atoms with Crippen molar-refractivity contribution in [2.24, 2.45) is 10.8 Å². The second kappa shape index (κ2) is 5.50. The Labute approximate surface area is 101 Å². The summed E-state index contributed by atoms with van der Waals surface area (Å²) in [7, 11) is 0. The second-order valence-electron chi connectivity index (χ2n) is 6.81. The summed E-state index contributed by atoms with van der Waals surface area (Å²) < 4.78 is 0. The van der Waals surface area contributed by atoms with Gasteiger partial charge in [-0.15, -0.1) is 0 Å². The van der Waals surface area contributed by atoms with Crippen LogP contribution in [0.3, 0.4) is 0 Å². The van der Waals surface area contributed by atoms with E-state index in [1.165, 1.54) is 19.3 Å². The first-order chi connectivity index (χ1) is 7.37. The van der Waals surface area contributed by atoms with E-state index in [2.05, 4.69) is 33.0 Å². The van der Waals surface area contributed by atoms with E-state index < -0.39 is 0 Å². The Kier molecular flexibility index (Phi) is 4.81. The third-order valence-corrected chi connectivity index (χ3v) is 4.10. The number of rotatable bonds is 6. The number of hydrogen-bond donors (Lipinski definition) is 2. The average molecular weight is 227 g/mol. The van der Waals surface area contributed by atoms with Crippen LogP contribution in [0.5, 0.6) is 0 Å². The van der Waals surface area contributed by atoms with Crippen molar-refractivity contribution in [1.29, 1.82) is 0 Å². The van der Waals surface area contributed by atoms with Crippen LogP contribution >= 0.6 is 0 Å². The first kappa shape index (κ1) is 14.0. The molecule has 1 atom stereocenters. The molecule has 1 aliphatic carbocycles. The summed E-state index contributed by atoms with van der Waals surface area (Å²) in [6, 6.07) is 0.681. The molecule has 16 heavy (non-hydrogen) atoms. The van der Waals surface area contributed by atoms with Gasteiger partial charge in [0.2, 0.25) is 0 Å². The van der Waals surface area contributed by atoms with Gasteiger partial charge in [0, 0.05) is 19.2 Å². The van der Waals surface area contributed by atoms with Gasteiger partial charge in [-0.25, -0.2) is 0 Å². The van der Waals surface area contributed by atoms with Gasteiger partial charge in [0.15, 0.2) is 0 Å². The van der Waals surface area contributed by atoms with E-state index in [4.69, 9.17) is 5.11 Å². The normalized spacial score (nSPS) is 24.9. The van der Waals surface area contributed by atoms with Crippen molar-refractivity contribution in [3.05, 3.63) is 0 Å². The lowest BCUT2D eigenvalue weighted by atomic mass is 9.84. The molecule has 1 fully saturated rings. The molecule has 0 heterocycles. The smallest absolute Gasteiger partial charge is 0.0431 e. The molecular weight excluding hydrogens is 198 g/mol. The summed E-state index contributed by atoms with van der Waals surface area (Å²) in [5.74, 6) is 0. The summed E-state index contributed by atoms with van der Waals surface area (Å²) in [4.78, 5) is 0. The summed E-state index contributed by atoms with van der Waals surface area (Å²) >= 11 is 0. The first-order valence-corrected chi connectivity index (χ1v) is 6.72. The Morgan fingerprint density at radius 1 is 1.38 bits per heavy atom. The molecule has 0 aromatic carbocycles. The first-order valence-electron chi connectivity index (χ1n) is 6.72. The van der Waals surface area contributed by atoms with Crippen molar-refractivity contribution < 1.29 is 5.11 Å². The molecule has 1 unspecified atom stereocenters. The van der Waals surface area contributed by atoms with E-state index in [0.29, 0.717) is 23.5 Å². The zero-order valence-electron chi connectivity index (χ0n) is 11.5. The van der Waals surface area contributed by atoms with Crippen LogP contribution in [0.4, 0.5) is 0 Å². The topological polar surface area (TPSA) is 32.3 Å². The maximum absolute atomic E-state index is 8.87. The number of nitrogens with one attached hydrogen (secondary N) is 1. The van der Waals surface area contributed by atoms with Crippen LogP contribution in [0.15, 0.2) is 0 Å². The van der Waals surface area contributed by atoms with Crippen LogP contribution in [0.25, 0.3) is 0 Å². The molecule has 2 N–H and O–H groups in total. The van der Waals surface area contributed by atoms with Gasteiger partial charge < -0.3 is 10.4 Å². The van der Waals surface area contributed by atoms with Crippen molar-refractivity contribution >= 4 is 0 Å². The van der Waals surface area contributed by atoms with Crippen molar-refractivity contribution in [3.8, 4) is 0 Å². The summed E-state index contributed by atoms with van der Waals surface area (Å²) in [6.07, 6.45) is 6.05. The zero-order chi connectivity index (χ0) is 12.2. The predicted molar refractivity (Wildman–Crippen MR) is 69.5 cm³/mol. The highest BCUT2D eigenvalue weighted by atomic mass is 16.2. The van der Waals surface area contributed by atoms with E-state index in [9.17, 15) is 0 Å². The molecule has 0 amide bonds. The lowest BCUT2D eigenvalue weighted by Crippen LogP contribution is -2.42. The molecular formula is C14H29NO. The highest BCUT2D eigenvalue weighted by Crippen LogP contribution is 2.37. The Morgan fingerprint density at radius 2 is 2.06 bits per heavy atom. The minimum atomic E-state index is 0.307. The van der Waals surface area contributed by atoms with Crippen LogP contribution in [-0.2, 0) is 0 Å². The molecule has 1 rings (SSSR count). The van der Waals surface area contributed by atoms with Gasteiger partial charge in [-0.1, -0.05) is 34.1 Å². The van der Waals surface area contributed by atoms with E-state index >= 15 is 0 Å². The zero-order valence-corrected chi connectivity index (χ0v) is 11.5. The van der Waals surface area contributed by atoms with Crippen molar-refractivity contribution in [2.75, 3.05) is 13.2 Å². The van der Waals surface area contributed by atoms with Crippen LogP contribution in [0.1, 0.15) is 59.8 Å². The predicted octanol–water partition coefficient (Wildman–Crippen LogP) is 2.95. The number of aliphatic hydroxyl groups is 1. The standard InChI is InChI=1S/C14H29NO/c1-13(2,8-6-10-16)11-15-12-7-5-9-14(12,3)4/h12,15-16H,5-11H2,1-4H3. The van der Waals surface area contributed by atoms with E-state index in [1.807, 2.05) is 0 Å². The second-order valence-corrected chi connectivity index (χ2v) is 6.81. The molecule has 2 heteroatoms. The molecule has 0 saturated heterocycles. The lowest BCUT2D eigenvalue weighted by Gasteiger charge is -2.32. The van der Waals surface area contributed by atoms with Crippen LogP contribution in [-0.4, -0.2) is 24.3 Å². The molecule has 96 valence electrons. The third-order valence-electron chi connectivity index (χ3n) is 4.10. The Bertz CT molecular complexity index is 211. The largest absolute Gasteiger partial charge is 0.396 e. The van der Waals surface area contributed by atoms with E-state index in [0.717, 1.165) is 19.4 Å². The quantitative estimate of drug-likeness (QED) is 0.731. The Morgan fingerprint density at radius 3 is 2.56 bits per heavy atom. The maximum Gasteiger partial charge on any atom is 0.0431 e. The number of aliphatic hydroxyl groups excluding tert-OH is 1. The lowest BCUT2D eigenvalue weighted by molar-refractivity contribution is 0.210. The fraction of sp³-hybridized carbons (Fsp3) is 1.00.